The summed E-state index contributed by atoms with van der Waals surface area (Å²) in [6.45, 7) is 13.9. The van der Waals surface area contributed by atoms with Crippen molar-refractivity contribution in [2.24, 2.45) is 0 Å². The Bertz CT molecular complexity index is 745. The highest BCUT2D eigenvalue weighted by molar-refractivity contribution is 5.45. The number of benzene rings is 2. The van der Waals surface area contributed by atoms with Crippen LogP contribution < -0.4 is 0 Å². The van der Waals surface area contributed by atoms with E-state index < -0.39 is 0 Å². The summed E-state index contributed by atoms with van der Waals surface area (Å²) in [5, 5.41) is 17.3. The molecule has 3 aromatic rings. The minimum absolute atomic E-state index is 0.0880. The van der Waals surface area contributed by atoms with Crippen LogP contribution >= 0.6 is 0 Å². The number of hydrogen-bond donors (Lipinski definition) is 2. The van der Waals surface area contributed by atoms with Gasteiger partial charge in [-0.05, 0) is 35.9 Å². The van der Waals surface area contributed by atoms with Crippen LogP contribution in [0, 0.1) is 0 Å². The van der Waals surface area contributed by atoms with Crippen molar-refractivity contribution in [2.75, 3.05) is 0 Å². The first-order valence-corrected chi connectivity index (χ1v) is 8.49. The van der Waals surface area contributed by atoms with E-state index in [0.29, 0.717) is 0 Å². The maximum atomic E-state index is 8.65. The second-order valence-electron chi connectivity index (χ2n) is 5.06. The third-order valence-corrected chi connectivity index (χ3v) is 2.93. The monoisotopic (exact) mass is 373 g/mol. The largest absolute Gasteiger partial charge is 0.508 e. The van der Waals surface area contributed by atoms with Crippen molar-refractivity contribution in [2.45, 2.75) is 0 Å². The summed E-state index contributed by atoms with van der Waals surface area (Å²) in [6.07, 6.45) is 8.58. The van der Waals surface area contributed by atoms with E-state index in [4.69, 9.17) is 10.2 Å². The van der Waals surface area contributed by atoms with Gasteiger partial charge in [-0.2, -0.15) is 0 Å². The van der Waals surface area contributed by atoms with E-state index in [1.807, 2.05) is 54.6 Å². The van der Waals surface area contributed by atoms with Crippen LogP contribution in [0.1, 0.15) is 11.3 Å². The normalized spacial score (nSPS) is 8.14. The van der Waals surface area contributed by atoms with E-state index in [1.165, 1.54) is 23.8 Å². The molecular weight excluding hydrogens is 346 g/mol. The first kappa shape index (κ1) is 24.2. The maximum absolute atomic E-state index is 8.65. The van der Waals surface area contributed by atoms with E-state index in [-0.39, 0.29) is 11.5 Å². The van der Waals surface area contributed by atoms with Crippen molar-refractivity contribution in [3.05, 3.63) is 129 Å². The second-order valence-corrected chi connectivity index (χ2v) is 5.06. The van der Waals surface area contributed by atoms with Gasteiger partial charge in [0, 0.05) is 12.3 Å². The SMILES string of the molecule is C=CC=C.C=Cc1ccccc1.C=Cc1ccccn1.Oc1cccc(O)c1. The van der Waals surface area contributed by atoms with Gasteiger partial charge >= 0.3 is 0 Å². The first-order chi connectivity index (χ1) is 13.6. The molecule has 3 nitrogen and oxygen atoms in total. The molecule has 144 valence electrons. The number of aromatic hydroxyl groups is 2. The third-order valence-electron chi connectivity index (χ3n) is 2.93. The van der Waals surface area contributed by atoms with Crippen LogP contribution in [0.15, 0.2) is 117 Å². The van der Waals surface area contributed by atoms with Crippen LogP contribution in [0.3, 0.4) is 0 Å². The minimum Gasteiger partial charge on any atom is -0.508 e. The predicted molar refractivity (Wildman–Crippen MR) is 121 cm³/mol. The summed E-state index contributed by atoms with van der Waals surface area (Å²) in [4.78, 5) is 3.98. The van der Waals surface area contributed by atoms with E-state index >= 15 is 0 Å². The second kappa shape index (κ2) is 16.6. The van der Waals surface area contributed by atoms with Crippen LogP contribution in [0.25, 0.3) is 12.2 Å². The Morgan fingerprint density at radius 3 is 1.50 bits per heavy atom. The summed E-state index contributed by atoms with van der Waals surface area (Å²) in [7, 11) is 0. The molecule has 28 heavy (non-hydrogen) atoms. The van der Waals surface area contributed by atoms with E-state index in [1.54, 1.807) is 30.5 Å². The molecule has 3 heteroatoms. The van der Waals surface area contributed by atoms with Crippen molar-refractivity contribution < 1.29 is 10.2 Å². The lowest BCUT2D eigenvalue weighted by atomic mass is 10.2. The fraction of sp³-hybridized carbons (Fsp3) is 0. The van der Waals surface area contributed by atoms with E-state index in [2.05, 4.69) is 31.3 Å². The van der Waals surface area contributed by atoms with Crippen molar-refractivity contribution in [3.8, 4) is 11.5 Å². The molecule has 2 N–H and O–H groups in total. The summed E-state index contributed by atoms with van der Waals surface area (Å²) < 4.78 is 0. The molecule has 0 radical (unpaired) electrons. The van der Waals surface area contributed by atoms with Crippen molar-refractivity contribution in [3.63, 3.8) is 0 Å². The molecule has 0 saturated carbocycles. The third kappa shape index (κ3) is 13.4. The molecule has 0 fully saturated rings. The molecule has 0 aliphatic carbocycles. The van der Waals surface area contributed by atoms with Gasteiger partial charge in [0.2, 0.25) is 0 Å². The van der Waals surface area contributed by atoms with Crippen LogP contribution in [0.5, 0.6) is 11.5 Å². The molecular formula is C25H27NO2. The number of nitrogens with zero attached hydrogens (tertiary/aromatic N) is 1. The molecule has 0 spiro atoms. The van der Waals surface area contributed by atoms with Gasteiger partial charge in [-0.3, -0.25) is 4.98 Å². The molecule has 0 atom stereocenters. The summed E-state index contributed by atoms with van der Waals surface area (Å²) >= 11 is 0. The Balaban J connectivity index is 0.000000358. The molecule has 3 rings (SSSR count). The van der Waals surface area contributed by atoms with Gasteiger partial charge in [0.25, 0.3) is 0 Å². The molecule has 1 heterocycles. The number of pyridine rings is 1. The highest BCUT2D eigenvalue weighted by Gasteiger charge is 1.85. The minimum atomic E-state index is 0.0880. The Morgan fingerprint density at radius 1 is 0.643 bits per heavy atom. The first-order valence-electron chi connectivity index (χ1n) is 8.49. The molecule has 0 aliphatic rings. The summed E-state index contributed by atoms with van der Waals surface area (Å²) in [5.74, 6) is 0.176. The van der Waals surface area contributed by atoms with E-state index in [0.717, 1.165) is 5.69 Å². The Kier molecular flexibility index (Phi) is 14.3. The number of rotatable bonds is 3. The average Bonchev–Trinajstić information content (AvgIpc) is 2.76. The topological polar surface area (TPSA) is 53.4 Å². The highest BCUT2D eigenvalue weighted by Crippen LogP contribution is 2.14. The van der Waals surface area contributed by atoms with Crippen LogP contribution in [-0.2, 0) is 0 Å². The Labute approximate surface area is 168 Å². The van der Waals surface area contributed by atoms with Crippen LogP contribution in [-0.4, -0.2) is 15.2 Å². The molecule has 0 amide bonds. The maximum Gasteiger partial charge on any atom is 0.119 e. The number of aromatic nitrogens is 1. The number of phenols is 2. The molecule has 0 bridgehead atoms. The number of allylic oxidation sites excluding steroid dienone is 2. The van der Waals surface area contributed by atoms with Crippen molar-refractivity contribution in [1.29, 1.82) is 0 Å². The lowest BCUT2D eigenvalue weighted by Gasteiger charge is -1.89. The van der Waals surface area contributed by atoms with Gasteiger partial charge < -0.3 is 10.2 Å². The lowest BCUT2D eigenvalue weighted by molar-refractivity contribution is 0.450. The standard InChI is InChI=1S/C8H8.C7H7N.C6H6O2.C4H6/c1-2-8-6-4-3-5-7-8;1-2-7-5-3-4-6-8-7;7-5-2-1-3-6(8)4-5;1-3-4-2/h2-7H,1H2;2-6H,1H2;1-4,7-8H;3-4H,1-2H2. The summed E-state index contributed by atoms with van der Waals surface area (Å²) in [6, 6.07) is 21.6. The average molecular weight is 373 g/mol. The lowest BCUT2D eigenvalue weighted by Crippen LogP contribution is -1.73. The molecule has 1 aromatic heterocycles. The number of hydrogen-bond acceptors (Lipinski definition) is 3. The zero-order valence-corrected chi connectivity index (χ0v) is 16.0. The Morgan fingerprint density at radius 2 is 1.21 bits per heavy atom. The molecule has 0 saturated heterocycles. The van der Waals surface area contributed by atoms with Crippen molar-refractivity contribution in [1.82, 2.24) is 4.98 Å². The number of phenolic OH excluding ortho intramolecular Hbond substituents is 2. The zero-order valence-electron chi connectivity index (χ0n) is 16.0. The molecule has 0 aliphatic heterocycles. The van der Waals surface area contributed by atoms with E-state index in [9.17, 15) is 0 Å². The zero-order chi connectivity index (χ0) is 21.0. The molecule has 0 unspecified atom stereocenters. The fourth-order valence-corrected chi connectivity index (χ4v) is 1.58. The van der Waals surface area contributed by atoms with Gasteiger partial charge in [0.05, 0.1) is 5.69 Å². The highest BCUT2D eigenvalue weighted by atomic mass is 16.3. The van der Waals surface area contributed by atoms with Crippen molar-refractivity contribution >= 4 is 12.2 Å². The van der Waals surface area contributed by atoms with Gasteiger partial charge in [0.1, 0.15) is 11.5 Å². The fourth-order valence-electron chi connectivity index (χ4n) is 1.58. The molecule has 2 aromatic carbocycles. The Hall–Kier alpha value is -3.85. The summed E-state index contributed by atoms with van der Waals surface area (Å²) in [5.41, 5.74) is 2.10. The smallest absolute Gasteiger partial charge is 0.119 e. The van der Waals surface area contributed by atoms with Gasteiger partial charge in [0.15, 0.2) is 0 Å². The van der Waals surface area contributed by atoms with Gasteiger partial charge in [-0.25, -0.2) is 0 Å². The van der Waals surface area contributed by atoms with Crippen LogP contribution in [0.4, 0.5) is 0 Å². The van der Waals surface area contributed by atoms with Gasteiger partial charge in [-0.15, -0.1) is 0 Å². The van der Waals surface area contributed by atoms with Crippen LogP contribution in [0.2, 0.25) is 0 Å². The predicted octanol–water partition coefficient (Wildman–Crippen LogP) is 6.51. The quantitative estimate of drug-likeness (QED) is 0.515. The van der Waals surface area contributed by atoms with Gasteiger partial charge in [-0.1, -0.05) is 87.0 Å².